The van der Waals surface area contributed by atoms with Gasteiger partial charge < -0.3 is 35.0 Å². The molecule has 0 radical (unpaired) electrons. The van der Waals surface area contributed by atoms with Crippen molar-refractivity contribution in [3.05, 3.63) is 59.4 Å². The number of ether oxygens (including phenoxy) is 2. The van der Waals surface area contributed by atoms with Gasteiger partial charge in [0.15, 0.2) is 0 Å². The molecule has 0 aromatic heterocycles. The maximum atomic E-state index is 14.0. The Balaban J connectivity index is 1.57. The van der Waals surface area contributed by atoms with Gasteiger partial charge in [-0.3, -0.25) is 4.79 Å². The number of carbonyl (C=O) groups excluding carboxylic acids is 1. The van der Waals surface area contributed by atoms with Crippen LogP contribution >= 0.6 is 0 Å². The Kier molecular flexibility index (Phi) is 7.83. The lowest BCUT2D eigenvalue weighted by atomic mass is 9.53. The van der Waals surface area contributed by atoms with Crippen molar-refractivity contribution in [1.82, 2.24) is 0 Å². The maximum Gasteiger partial charge on any atom is 0.149 e. The quantitative estimate of drug-likeness (QED) is 0.334. The molecule has 3 fully saturated rings. The second-order valence-electron chi connectivity index (χ2n) is 12.2. The molecule has 4 aliphatic carbocycles. The van der Waals surface area contributed by atoms with Gasteiger partial charge in [0.1, 0.15) is 5.78 Å². The topological polar surface area (TPSA) is 137 Å². The van der Waals surface area contributed by atoms with E-state index in [4.69, 9.17) is 9.47 Å². The van der Waals surface area contributed by atoms with E-state index in [9.17, 15) is 30.3 Å². The number of aliphatic hydroxyl groups is 5. The van der Waals surface area contributed by atoms with E-state index in [1.165, 1.54) is 7.11 Å². The minimum absolute atomic E-state index is 0.0167. The summed E-state index contributed by atoms with van der Waals surface area (Å²) in [6.45, 7) is 12.0. The monoisotopic (exact) mass is 542 g/mol. The third kappa shape index (κ3) is 4.49. The van der Waals surface area contributed by atoms with Gasteiger partial charge in [0.2, 0.25) is 0 Å². The number of ketones is 1. The molecule has 39 heavy (non-hydrogen) atoms. The maximum absolute atomic E-state index is 14.0. The largest absolute Gasteiger partial charge is 0.512 e. The zero-order chi connectivity index (χ0) is 28.3. The van der Waals surface area contributed by atoms with Crippen LogP contribution in [0.4, 0.5) is 0 Å². The van der Waals surface area contributed by atoms with Gasteiger partial charge in [-0.25, -0.2) is 0 Å². The van der Waals surface area contributed by atoms with Crippen LogP contribution in [-0.2, 0) is 14.3 Å². The van der Waals surface area contributed by atoms with Crippen molar-refractivity contribution in [3.8, 4) is 0 Å². The van der Waals surface area contributed by atoms with Crippen molar-refractivity contribution in [3.63, 3.8) is 0 Å². The van der Waals surface area contributed by atoms with Crippen molar-refractivity contribution < 1.29 is 39.8 Å². The first-order valence-electron chi connectivity index (χ1n) is 14.0. The summed E-state index contributed by atoms with van der Waals surface area (Å²) in [6.07, 6.45) is 2.41. The van der Waals surface area contributed by atoms with E-state index in [-0.39, 0.29) is 42.0 Å². The Bertz CT molecular complexity index is 1110. The lowest BCUT2D eigenvalue weighted by molar-refractivity contribution is -0.148. The molecule has 5 rings (SSSR count). The summed E-state index contributed by atoms with van der Waals surface area (Å²) in [6, 6.07) is 0. The van der Waals surface area contributed by atoms with Crippen molar-refractivity contribution in [2.75, 3.05) is 13.7 Å². The number of aliphatic hydroxyl groups excluding tert-OH is 5. The molecule has 1 heterocycles. The summed E-state index contributed by atoms with van der Waals surface area (Å²) in [5, 5.41) is 55.5. The second kappa shape index (κ2) is 10.7. The van der Waals surface area contributed by atoms with Gasteiger partial charge >= 0.3 is 0 Å². The second-order valence-corrected chi connectivity index (χ2v) is 12.2. The average Bonchev–Trinajstić information content (AvgIpc) is 2.94. The highest BCUT2D eigenvalue weighted by molar-refractivity contribution is 5.90. The number of allylic oxidation sites excluding steroid dienone is 2. The summed E-state index contributed by atoms with van der Waals surface area (Å²) in [5.74, 6) is -4.21. The van der Waals surface area contributed by atoms with Crippen molar-refractivity contribution >= 4 is 5.78 Å². The zero-order valence-electron chi connectivity index (χ0n) is 22.9. The van der Waals surface area contributed by atoms with E-state index < -0.39 is 54.2 Å². The minimum Gasteiger partial charge on any atom is -0.512 e. The lowest BCUT2D eigenvalue weighted by Crippen LogP contribution is -2.59. The molecule has 0 bridgehead atoms. The van der Waals surface area contributed by atoms with Crippen LogP contribution in [0, 0.1) is 41.4 Å². The highest BCUT2D eigenvalue weighted by Gasteiger charge is 2.60. The summed E-state index contributed by atoms with van der Waals surface area (Å²) < 4.78 is 11.7. The fourth-order valence-corrected chi connectivity index (χ4v) is 7.96. The first kappa shape index (κ1) is 28.5. The third-order valence-electron chi connectivity index (χ3n) is 10.2. The van der Waals surface area contributed by atoms with E-state index >= 15 is 0 Å². The minimum atomic E-state index is -1.16. The molecule has 12 unspecified atom stereocenters. The fraction of sp³-hybridized carbons (Fsp3) is 0.645. The van der Waals surface area contributed by atoms with Crippen molar-refractivity contribution in [2.24, 2.45) is 41.4 Å². The summed E-state index contributed by atoms with van der Waals surface area (Å²) in [4.78, 5) is 14.0. The van der Waals surface area contributed by atoms with Crippen LogP contribution in [0.25, 0.3) is 0 Å². The molecule has 0 aromatic rings. The first-order valence-corrected chi connectivity index (χ1v) is 14.0. The molecular weight excluding hydrogens is 500 g/mol. The Morgan fingerprint density at radius 1 is 1.10 bits per heavy atom. The lowest BCUT2D eigenvalue weighted by Gasteiger charge is -2.53. The number of Topliss-reactive ketones (excluding diaryl/α,β-unsaturated/α-hetero) is 1. The third-order valence-corrected chi connectivity index (χ3v) is 10.2. The van der Waals surface area contributed by atoms with Crippen LogP contribution in [0.3, 0.4) is 0 Å². The van der Waals surface area contributed by atoms with Crippen molar-refractivity contribution in [1.29, 1.82) is 0 Å². The molecule has 13 atom stereocenters. The van der Waals surface area contributed by atoms with Crippen LogP contribution in [0.5, 0.6) is 0 Å². The van der Waals surface area contributed by atoms with Crippen LogP contribution < -0.4 is 0 Å². The average molecular weight is 543 g/mol. The van der Waals surface area contributed by atoms with Gasteiger partial charge in [-0.2, -0.15) is 0 Å². The highest BCUT2D eigenvalue weighted by Crippen LogP contribution is 2.56. The highest BCUT2D eigenvalue weighted by atomic mass is 16.5. The standard InChI is InChI=1S/C31H42O8/c1-13-9-22(39-16(4)27(13)33)15(3)19-10-17(14(2)12-32)11-20-23(19)30(36)26-25(29(20)35)28(34)18-7-6-8-21(38-5)24(18)31(26)37/h6-8,13,16-17,19,21-28,30,32-36H,2-3,9-12H2,1,4-5H3/t13?,16?,17?,19-,21?,22?,23?,24?,25?,26?,27?,28?,30?/m1/s1. The molecular formula is C31H42O8. The number of fused-ring (bicyclic) bond motifs is 3. The first-order chi connectivity index (χ1) is 18.5. The molecule has 1 aliphatic heterocycles. The van der Waals surface area contributed by atoms with E-state index in [2.05, 4.69) is 13.2 Å². The molecule has 2 saturated carbocycles. The molecule has 8 nitrogen and oxygen atoms in total. The Labute approximate surface area is 230 Å². The Morgan fingerprint density at radius 2 is 1.82 bits per heavy atom. The van der Waals surface area contributed by atoms with E-state index in [0.717, 1.165) is 5.57 Å². The number of carbonyl (C=O) groups is 1. The molecule has 8 heteroatoms. The van der Waals surface area contributed by atoms with Crippen LogP contribution in [0.1, 0.15) is 33.1 Å². The smallest absolute Gasteiger partial charge is 0.149 e. The van der Waals surface area contributed by atoms with Gasteiger partial charge in [0.05, 0.1) is 66.7 Å². The Morgan fingerprint density at radius 3 is 2.46 bits per heavy atom. The summed E-state index contributed by atoms with van der Waals surface area (Å²) in [5.41, 5.74) is 2.42. The van der Waals surface area contributed by atoms with Gasteiger partial charge in [-0.15, -0.1) is 0 Å². The predicted molar refractivity (Wildman–Crippen MR) is 144 cm³/mol. The molecule has 5 aliphatic rings. The zero-order valence-corrected chi connectivity index (χ0v) is 22.9. The molecule has 0 spiro atoms. The summed E-state index contributed by atoms with van der Waals surface area (Å²) in [7, 11) is 1.51. The summed E-state index contributed by atoms with van der Waals surface area (Å²) >= 11 is 0. The molecule has 0 aromatic carbocycles. The normalized spacial score (nSPS) is 45.7. The van der Waals surface area contributed by atoms with Crippen molar-refractivity contribution in [2.45, 2.75) is 69.7 Å². The van der Waals surface area contributed by atoms with Crippen LogP contribution in [0.15, 0.2) is 59.4 Å². The van der Waals surface area contributed by atoms with E-state index in [1.54, 1.807) is 18.2 Å². The molecule has 1 saturated heterocycles. The molecule has 5 N–H and O–H groups in total. The van der Waals surface area contributed by atoms with E-state index in [1.807, 2.05) is 13.8 Å². The van der Waals surface area contributed by atoms with Gasteiger partial charge in [0.25, 0.3) is 0 Å². The molecule has 0 amide bonds. The molecule has 214 valence electrons. The number of methoxy groups -OCH3 is 1. The van der Waals surface area contributed by atoms with Gasteiger partial charge in [-0.05, 0) is 66.2 Å². The number of rotatable bonds is 5. The van der Waals surface area contributed by atoms with Crippen LogP contribution in [-0.4, -0.2) is 81.7 Å². The van der Waals surface area contributed by atoms with E-state index in [0.29, 0.717) is 36.0 Å². The fourth-order valence-electron chi connectivity index (χ4n) is 7.96. The van der Waals surface area contributed by atoms with Gasteiger partial charge in [0, 0.05) is 13.0 Å². The SMILES string of the molecule is C=C(CO)C1CC2=C(O)C3C(O)C4=CC=CC(OC)C4C(=O)C3C(O)C2[C@@H](C(=C)C2CC(C)C(O)C(C)O2)C1. The van der Waals surface area contributed by atoms with Crippen LogP contribution in [0.2, 0.25) is 0 Å². The van der Waals surface area contributed by atoms with Gasteiger partial charge in [-0.1, -0.05) is 38.3 Å². The Hall–Kier alpha value is -2.07. The number of hydrogen-bond donors (Lipinski definition) is 5. The number of hydrogen-bond acceptors (Lipinski definition) is 8. The predicted octanol–water partition coefficient (Wildman–Crippen LogP) is 2.40.